The Morgan fingerprint density at radius 1 is 1.56 bits per heavy atom. The van der Waals surface area contributed by atoms with E-state index in [1.807, 2.05) is 12.1 Å². The summed E-state index contributed by atoms with van der Waals surface area (Å²) in [4.78, 5) is 4.21. The molecule has 2 N–H and O–H groups in total. The Kier molecular flexibility index (Phi) is 3.16. The Bertz CT molecular complexity index is 552. The molecule has 0 radical (unpaired) electrons. The highest BCUT2D eigenvalue weighted by Crippen LogP contribution is 2.25. The zero-order valence-corrected chi connectivity index (χ0v) is 10.4. The SMILES string of the molecule is CS(=O)CCn1c(N)nc2cccc(Cl)c21. The monoisotopic (exact) mass is 257 g/mol. The first-order chi connectivity index (χ1) is 7.59. The number of aryl methyl sites for hydroxylation is 1. The second kappa shape index (κ2) is 4.43. The van der Waals surface area contributed by atoms with Gasteiger partial charge in [0, 0.05) is 29.4 Å². The maximum absolute atomic E-state index is 11.1. The number of nitrogens with zero attached hydrogens (tertiary/aromatic N) is 2. The summed E-state index contributed by atoms with van der Waals surface area (Å²) in [6.07, 6.45) is 1.66. The largest absolute Gasteiger partial charge is 0.369 e. The number of aromatic nitrogens is 2. The van der Waals surface area contributed by atoms with Crippen molar-refractivity contribution >= 4 is 39.4 Å². The van der Waals surface area contributed by atoms with Gasteiger partial charge in [-0.1, -0.05) is 17.7 Å². The smallest absolute Gasteiger partial charge is 0.201 e. The summed E-state index contributed by atoms with van der Waals surface area (Å²) in [5.74, 6) is 0.953. The predicted molar refractivity (Wildman–Crippen MR) is 68.1 cm³/mol. The highest BCUT2D eigenvalue weighted by molar-refractivity contribution is 7.84. The summed E-state index contributed by atoms with van der Waals surface area (Å²) in [6, 6.07) is 5.49. The molecule has 1 heterocycles. The first-order valence-corrected chi connectivity index (χ1v) is 6.90. The Labute approximate surface area is 101 Å². The van der Waals surface area contributed by atoms with Crippen molar-refractivity contribution in [2.75, 3.05) is 17.7 Å². The minimum atomic E-state index is -0.855. The summed E-state index contributed by atoms with van der Waals surface area (Å²) in [5, 5.41) is 0.614. The number of imidazole rings is 1. The summed E-state index contributed by atoms with van der Waals surface area (Å²) in [5.41, 5.74) is 7.39. The highest BCUT2D eigenvalue weighted by atomic mass is 35.5. The molecule has 0 fully saturated rings. The molecule has 2 rings (SSSR count). The van der Waals surface area contributed by atoms with Gasteiger partial charge >= 0.3 is 0 Å². The standard InChI is InChI=1S/C10H12ClN3OS/c1-16(15)6-5-14-9-7(11)3-2-4-8(9)13-10(14)12/h2-4H,5-6H2,1H3,(H2,12,13). The van der Waals surface area contributed by atoms with Crippen molar-refractivity contribution in [3.8, 4) is 0 Å². The lowest BCUT2D eigenvalue weighted by Crippen LogP contribution is -2.09. The van der Waals surface area contributed by atoms with E-state index in [4.69, 9.17) is 17.3 Å². The van der Waals surface area contributed by atoms with Crippen LogP contribution in [0, 0.1) is 0 Å². The van der Waals surface area contributed by atoms with Gasteiger partial charge in [0.15, 0.2) is 0 Å². The zero-order chi connectivity index (χ0) is 11.7. The van der Waals surface area contributed by atoms with E-state index in [2.05, 4.69) is 4.98 Å². The van der Waals surface area contributed by atoms with Crippen molar-refractivity contribution in [1.82, 2.24) is 9.55 Å². The fraction of sp³-hybridized carbons (Fsp3) is 0.300. The molecule has 0 bridgehead atoms. The number of nitrogen functional groups attached to an aromatic ring is 1. The molecule has 0 aliphatic heterocycles. The molecule has 0 saturated heterocycles. The lowest BCUT2D eigenvalue weighted by Gasteiger charge is -2.05. The molecule has 1 aromatic carbocycles. The van der Waals surface area contributed by atoms with E-state index in [0.717, 1.165) is 11.0 Å². The predicted octanol–water partition coefficient (Wildman–Crippen LogP) is 1.65. The van der Waals surface area contributed by atoms with Crippen LogP contribution in [0.1, 0.15) is 0 Å². The molecule has 1 unspecified atom stereocenters. The van der Waals surface area contributed by atoms with E-state index in [0.29, 0.717) is 23.3 Å². The normalized spacial score (nSPS) is 13.1. The topological polar surface area (TPSA) is 60.9 Å². The first-order valence-electron chi connectivity index (χ1n) is 4.80. The van der Waals surface area contributed by atoms with Crippen molar-refractivity contribution in [2.45, 2.75) is 6.54 Å². The minimum absolute atomic E-state index is 0.411. The second-order valence-corrected chi connectivity index (χ2v) is 5.47. The van der Waals surface area contributed by atoms with Crippen LogP contribution in [0.25, 0.3) is 11.0 Å². The molecule has 0 spiro atoms. The van der Waals surface area contributed by atoms with Gasteiger partial charge in [-0.15, -0.1) is 0 Å². The third kappa shape index (κ3) is 2.05. The van der Waals surface area contributed by atoms with E-state index in [-0.39, 0.29) is 0 Å². The number of hydrogen-bond acceptors (Lipinski definition) is 3. The fourth-order valence-corrected chi connectivity index (χ4v) is 2.32. The maximum atomic E-state index is 11.1. The number of rotatable bonds is 3. The number of para-hydroxylation sites is 1. The molecule has 0 aliphatic carbocycles. The Hall–Kier alpha value is -1.07. The molecular weight excluding hydrogens is 246 g/mol. The fourth-order valence-electron chi connectivity index (χ4n) is 1.61. The minimum Gasteiger partial charge on any atom is -0.369 e. The number of benzene rings is 1. The van der Waals surface area contributed by atoms with Gasteiger partial charge in [0.25, 0.3) is 0 Å². The van der Waals surface area contributed by atoms with Gasteiger partial charge in [-0.25, -0.2) is 4.98 Å². The van der Waals surface area contributed by atoms with Gasteiger partial charge in [0.2, 0.25) is 5.95 Å². The van der Waals surface area contributed by atoms with Crippen LogP contribution < -0.4 is 5.73 Å². The van der Waals surface area contributed by atoms with E-state index in [9.17, 15) is 4.21 Å². The number of anilines is 1. The number of halogens is 1. The van der Waals surface area contributed by atoms with Crippen LogP contribution in [0.15, 0.2) is 18.2 Å². The van der Waals surface area contributed by atoms with Crippen molar-refractivity contribution in [2.24, 2.45) is 0 Å². The van der Waals surface area contributed by atoms with Gasteiger partial charge < -0.3 is 10.3 Å². The lowest BCUT2D eigenvalue weighted by atomic mass is 10.3. The molecule has 0 saturated carbocycles. The summed E-state index contributed by atoms with van der Waals surface area (Å²) < 4.78 is 12.9. The third-order valence-corrected chi connectivity index (χ3v) is 3.41. The molecule has 1 aromatic heterocycles. The molecule has 86 valence electrons. The summed E-state index contributed by atoms with van der Waals surface area (Å²) in [6.45, 7) is 0.565. The van der Waals surface area contributed by atoms with Crippen LogP contribution in [0.3, 0.4) is 0 Å². The van der Waals surface area contributed by atoms with Crippen LogP contribution in [-0.4, -0.2) is 25.8 Å². The van der Waals surface area contributed by atoms with Crippen LogP contribution >= 0.6 is 11.6 Å². The summed E-state index contributed by atoms with van der Waals surface area (Å²) >= 11 is 6.10. The van der Waals surface area contributed by atoms with Gasteiger partial charge in [0.1, 0.15) is 0 Å². The Balaban J connectivity index is 2.50. The Morgan fingerprint density at radius 2 is 2.31 bits per heavy atom. The molecule has 6 heteroatoms. The average molecular weight is 258 g/mol. The van der Waals surface area contributed by atoms with E-state index >= 15 is 0 Å². The van der Waals surface area contributed by atoms with Crippen molar-refractivity contribution in [3.63, 3.8) is 0 Å². The van der Waals surface area contributed by atoms with Gasteiger partial charge in [-0.05, 0) is 12.1 Å². The van der Waals surface area contributed by atoms with Crippen molar-refractivity contribution in [1.29, 1.82) is 0 Å². The van der Waals surface area contributed by atoms with E-state index in [1.165, 1.54) is 0 Å². The van der Waals surface area contributed by atoms with Gasteiger partial charge in [0.05, 0.1) is 16.1 Å². The second-order valence-electron chi connectivity index (χ2n) is 3.51. The molecule has 16 heavy (non-hydrogen) atoms. The molecule has 2 aromatic rings. The number of nitrogens with two attached hydrogens (primary N) is 1. The van der Waals surface area contributed by atoms with Gasteiger partial charge in [-0.2, -0.15) is 0 Å². The zero-order valence-electron chi connectivity index (χ0n) is 8.81. The average Bonchev–Trinajstić information content (AvgIpc) is 2.52. The molecule has 1 atom stereocenters. The maximum Gasteiger partial charge on any atom is 0.201 e. The quantitative estimate of drug-likeness (QED) is 0.910. The molecule has 4 nitrogen and oxygen atoms in total. The number of hydrogen-bond donors (Lipinski definition) is 1. The van der Waals surface area contributed by atoms with Crippen LogP contribution in [0.2, 0.25) is 5.02 Å². The van der Waals surface area contributed by atoms with E-state index < -0.39 is 10.8 Å². The number of fused-ring (bicyclic) bond motifs is 1. The molecule has 0 aliphatic rings. The first kappa shape index (κ1) is 11.4. The van der Waals surface area contributed by atoms with Crippen LogP contribution in [-0.2, 0) is 17.3 Å². The lowest BCUT2D eigenvalue weighted by molar-refractivity contribution is 0.680. The van der Waals surface area contributed by atoms with Crippen molar-refractivity contribution < 1.29 is 4.21 Å². The highest BCUT2D eigenvalue weighted by Gasteiger charge is 2.10. The molecular formula is C10H12ClN3OS. The third-order valence-electron chi connectivity index (χ3n) is 2.35. The Morgan fingerprint density at radius 3 is 3.00 bits per heavy atom. The van der Waals surface area contributed by atoms with Crippen molar-refractivity contribution in [3.05, 3.63) is 23.2 Å². The van der Waals surface area contributed by atoms with Gasteiger partial charge in [-0.3, -0.25) is 4.21 Å². The van der Waals surface area contributed by atoms with E-state index in [1.54, 1.807) is 16.9 Å². The van der Waals surface area contributed by atoms with Crippen LogP contribution in [0.5, 0.6) is 0 Å². The molecule has 0 amide bonds. The van der Waals surface area contributed by atoms with Crippen LogP contribution in [0.4, 0.5) is 5.95 Å². The summed E-state index contributed by atoms with van der Waals surface area (Å²) in [7, 11) is -0.855.